The number of amides is 1. The highest BCUT2D eigenvalue weighted by molar-refractivity contribution is 6.35. The monoisotopic (exact) mass is 610 g/mol. The van der Waals surface area contributed by atoms with E-state index in [1.807, 2.05) is 0 Å². The first-order valence-electron chi connectivity index (χ1n) is 12.5. The average molecular weight is 611 g/mol. The van der Waals surface area contributed by atoms with Gasteiger partial charge in [0.25, 0.3) is 0 Å². The third kappa shape index (κ3) is 8.11. The molecule has 4 rings (SSSR count). The molecule has 1 N–H and O–H groups in total. The molecule has 1 saturated carbocycles. The Balaban J connectivity index is 1.71. The molecule has 1 aliphatic carbocycles. The Hall–Kier alpha value is -3.83. The molecule has 0 radical (unpaired) electrons. The Kier molecular flexibility index (Phi) is 9.72. The first-order valence-corrected chi connectivity index (χ1v) is 13.2. The Morgan fingerprint density at radius 1 is 1.07 bits per heavy atom. The van der Waals surface area contributed by atoms with Crippen molar-refractivity contribution in [1.82, 2.24) is 0 Å². The van der Waals surface area contributed by atoms with Crippen LogP contribution in [0.1, 0.15) is 47.4 Å². The normalized spacial score (nSPS) is 13.4. The number of carbonyl (C=O) groups excluding carboxylic acids is 2. The minimum absolute atomic E-state index is 0.0359. The summed E-state index contributed by atoms with van der Waals surface area (Å²) in [4.78, 5) is 25.0. The molecule has 41 heavy (non-hydrogen) atoms. The van der Waals surface area contributed by atoms with Gasteiger partial charge < -0.3 is 29.5 Å². The van der Waals surface area contributed by atoms with Gasteiger partial charge in [-0.1, -0.05) is 29.3 Å². The van der Waals surface area contributed by atoms with Crippen molar-refractivity contribution < 1.29 is 42.0 Å². The molecular formula is C28H26Cl2F2N2O7. The number of alkyl halides is 2. The van der Waals surface area contributed by atoms with E-state index in [2.05, 4.69) is 10.1 Å². The maximum Gasteiger partial charge on any atom is 0.387 e. The highest BCUT2D eigenvalue weighted by atomic mass is 35.5. The number of methoxy groups -OCH3 is 1. The Labute approximate surface area is 244 Å². The van der Waals surface area contributed by atoms with Crippen molar-refractivity contribution in [2.24, 2.45) is 5.92 Å². The second-order valence-corrected chi connectivity index (χ2v) is 10.1. The van der Waals surface area contributed by atoms with Crippen LogP contribution in [0.3, 0.4) is 0 Å². The van der Waals surface area contributed by atoms with Crippen LogP contribution in [0.5, 0.6) is 17.2 Å². The Morgan fingerprint density at radius 3 is 2.37 bits per heavy atom. The predicted molar refractivity (Wildman–Crippen MR) is 146 cm³/mol. The molecule has 1 fully saturated rings. The highest BCUT2D eigenvalue weighted by Crippen LogP contribution is 2.38. The number of esters is 1. The number of ether oxygens (including phenoxy) is 4. The van der Waals surface area contributed by atoms with Crippen LogP contribution >= 0.6 is 23.2 Å². The topological polar surface area (TPSA) is 110 Å². The lowest BCUT2D eigenvalue weighted by atomic mass is 10.0. The van der Waals surface area contributed by atoms with E-state index in [1.165, 1.54) is 50.4 Å². The SMILES string of the molecule is COc1ccc(C(=O)O[C@@H](Cc2c(Cl)c[n+]([O-])cc2Cl)c2ccc(OC(F)F)c(OCC3CC3)c2)cc1NC(C)=O. The van der Waals surface area contributed by atoms with E-state index >= 15 is 0 Å². The van der Waals surface area contributed by atoms with Gasteiger partial charge in [0.1, 0.15) is 21.9 Å². The van der Waals surface area contributed by atoms with Crippen molar-refractivity contribution in [3.8, 4) is 17.2 Å². The highest BCUT2D eigenvalue weighted by Gasteiger charge is 2.27. The molecule has 1 heterocycles. The number of nitrogens with zero attached hydrogens (tertiary/aromatic N) is 1. The first kappa shape index (κ1) is 30.1. The smallest absolute Gasteiger partial charge is 0.387 e. The van der Waals surface area contributed by atoms with Gasteiger partial charge in [-0.05, 0) is 54.7 Å². The molecule has 0 spiro atoms. The lowest BCUT2D eigenvalue weighted by molar-refractivity contribution is -0.605. The third-order valence-electron chi connectivity index (χ3n) is 6.17. The van der Waals surface area contributed by atoms with Gasteiger partial charge in [0, 0.05) is 18.9 Å². The molecule has 0 bridgehead atoms. The summed E-state index contributed by atoms with van der Waals surface area (Å²) >= 11 is 12.6. The number of aromatic nitrogens is 1. The van der Waals surface area contributed by atoms with E-state index in [1.54, 1.807) is 0 Å². The fraction of sp³-hybridized carbons (Fsp3) is 0.321. The molecule has 1 atom stereocenters. The summed E-state index contributed by atoms with van der Waals surface area (Å²) in [6.07, 6.45) is 3.02. The average Bonchev–Trinajstić information content (AvgIpc) is 3.73. The summed E-state index contributed by atoms with van der Waals surface area (Å²) in [5.74, 6) is -0.627. The van der Waals surface area contributed by atoms with Gasteiger partial charge in [0.05, 0.1) is 25.0 Å². The van der Waals surface area contributed by atoms with Crippen LogP contribution in [0.4, 0.5) is 14.5 Å². The van der Waals surface area contributed by atoms with E-state index in [0.717, 1.165) is 25.2 Å². The molecule has 13 heteroatoms. The van der Waals surface area contributed by atoms with Crippen LogP contribution < -0.4 is 24.3 Å². The standard InChI is InChI=1S/C28H26Cl2F2N2O7/c1-15(35)33-22-9-18(6-7-23(22)38-2)27(36)40-25(11-19-20(29)12-34(37)13-21(19)30)17-5-8-24(41-28(31)32)26(10-17)39-14-16-3-4-16/h5-10,12-13,16,25,28H,3-4,11,14H2,1-2H3,(H,33,35)/t25-/m0/s1. The van der Waals surface area contributed by atoms with Crippen LogP contribution in [0, 0.1) is 11.1 Å². The van der Waals surface area contributed by atoms with E-state index in [0.29, 0.717) is 34.1 Å². The second-order valence-electron chi connectivity index (χ2n) is 9.33. The number of nitrogens with one attached hydrogen (secondary N) is 1. The second kappa shape index (κ2) is 13.2. The van der Waals surface area contributed by atoms with Crippen LogP contribution in [-0.4, -0.2) is 32.2 Å². The summed E-state index contributed by atoms with van der Waals surface area (Å²) in [5, 5.41) is 14.4. The molecule has 0 saturated heterocycles. The zero-order valence-corrected chi connectivity index (χ0v) is 23.5. The number of carbonyl (C=O) groups is 2. The van der Waals surface area contributed by atoms with E-state index < -0.39 is 18.7 Å². The van der Waals surface area contributed by atoms with Crippen LogP contribution in [0.2, 0.25) is 10.0 Å². The quantitative estimate of drug-likeness (QED) is 0.149. The lowest BCUT2D eigenvalue weighted by Gasteiger charge is -2.22. The maximum absolute atomic E-state index is 13.3. The number of benzene rings is 2. The summed E-state index contributed by atoms with van der Waals surface area (Å²) in [6.45, 7) is -1.46. The largest absolute Gasteiger partial charge is 0.619 e. The van der Waals surface area contributed by atoms with Crippen molar-refractivity contribution >= 4 is 40.8 Å². The lowest BCUT2D eigenvalue weighted by Crippen LogP contribution is -2.25. The first-order chi connectivity index (χ1) is 19.5. The van der Waals surface area contributed by atoms with Gasteiger partial charge in [0.2, 0.25) is 5.91 Å². The third-order valence-corrected chi connectivity index (χ3v) is 6.82. The zero-order valence-electron chi connectivity index (χ0n) is 22.0. The van der Waals surface area contributed by atoms with Gasteiger partial charge in [-0.15, -0.1) is 0 Å². The van der Waals surface area contributed by atoms with Crippen LogP contribution in [0.25, 0.3) is 0 Å². The van der Waals surface area contributed by atoms with Crippen molar-refractivity contribution in [2.45, 2.75) is 38.9 Å². The molecule has 0 unspecified atom stereocenters. The minimum atomic E-state index is -3.08. The van der Waals surface area contributed by atoms with Crippen molar-refractivity contribution in [3.63, 3.8) is 0 Å². The van der Waals surface area contributed by atoms with E-state index in [9.17, 15) is 23.6 Å². The van der Waals surface area contributed by atoms with Crippen LogP contribution in [0.15, 0.2) is 48.8 Å². The molecule has 9 nitrogen and oxygen atoms in total. The number of rotatable bonds is 12. The molecular weight excluding hydrogens is 585 g/mol. The number of halogens is 4. The van der Waals surface area contributed by atoms with E-state index in [4.69, 9.17) is 37.4 Å². The van der Waals surface area contributed by atoms with Crippen molar-refractivity contribution in [2.75, 3.05) is 19.0 Å². The Bertz CT molecular complexity index is 1410. The Morgan fingerprint density at radius 2 is 1.76 bits per heavy atom. The van der Waals surface area contributed by atoms with Crippen molar-refractivity contribution in [1.29, 1.82) is 0 Å². The molecule has 3 aromatic rings. The fourth-order valence-corrected chi connectivity index (χ4v) is 4.58. The number of pyridine rings is 1. The predicted octanol–water partition coefficient (Wildman–Crippen LogP) is 6.12. The van der Waals surface area contributed by atoms with Gasteiger partial charge in [-0.3, -0.25) is 4.79 Å². The van der Waals surface area contributed by atoms with Crippen molar-refractivity contribution in [3.05, 3.63) is 80.7 Å². The van der Waals surface area contributed by atoms with Crippen LogP contribution in [-0.2, 0) is 16.0 Å². The van der Waals surface area contributed by atoms with Gasteiger partial charge in [0.15, 0.2) is 23.9 Å². The number of hydrogen-bond donors (Lipinski definition) is 1. The summed E-state index contributed by atoms with van der Waals surface area (Å²) < 4.78 is 48.1. The number of anilines is 1. The maximum atomic E-state index is 13.3. The fourth-order valence-electron chi connectivity index (χ4n) is 3.98. The molecule has 218 valence electrons. The minimum Gasteiger partial charge on any atom is -0.619 e. The molecule has 0 aliphatic heterocycles. The molecule has 2 aromatic carbocycles. The number of hydrogen-bond acceptors (Lipinski definition) is 7. The summed E-state index contributed by atoms with van der Waals surface area (Å²) in [5.41, 5.74) is 1.03. The summed E-state index contributed by atoms with van der Waals surface area (Å²) in [7, 11) is 1.41. The molecule has 1 aliphatic rings. The van der Waals surface area contributed by atoms with Gasteiger partial charge >= 0.3 is 12.6 Å². The summed E-state index contributed by atoms with van der Waals surface area (Å²) in [6, 6.07) is 8.55. The van der Waals surface area contributed by atoms with E-state index in [-0.39, 0.29) is 45.1 Å². The molecule has 1 aromatic heterocycles. The zero-order chi connectivity index (χ0) is 29.7. The molecule has 1 amide bonds. The van der Waals surface area contributed by atoms with Gasteiger partial charge in [-0.2, -0.15) is 13.5 Å². The van der Waals surface area contributed by atoms with Gasteiger partial charge in [-0.25, -0.2) is 4.79 Å².